The second-order valence-corrected chi connectivity index (χ2v) is 10.5. The number of nitrogens with zero attached hydrogens (tertiary/aromatic N) is 3. The summed E-state index contributed by atoms with van der Waals surface area (Å²) in [5, 5.41) is 11.5. The minimum Gasteiger partial charge on any atom is -0.459 e. The van der Waals surface area contributed by atoms with E-state index in [0.29, 0.717) is 42.7 Å². The Morgan fingerprint density at radius 3 is 2.49 bits per heavy atom. The van der Waals surface area contributed by atoms with Gasteiger partial charge in [-0.15, -0.1) is 0 Å². The number of aromatic nitrogens is 1. The average Bonchev–Trinajstić information content (AvgIpc) is 3.48. The molecule has 1 unspecified atom stereocenters. The van der Waals surface area contributed by atoms with Crippen molar-refractivity contribution in [2.45, 2.75) is 32.9 Å². The van der Waals surface area contributed by atoms with Gasteiger partial charge in [0, 0.05) is 28.8 Å². The van der Waals surface area contributed by atoms with Gasteiger partial charge in [-0.3, -0.25) is 19.5 Å². The second-order valence-electron chi connectivity index (χ2n) is 9.09. The van der Waals surface area contributed by atoms with Gasteiger partial charge in [0.25, 0.3) is 11.2 Å². The van der Waals surface area contributed by atoms with Gasteiger partial charge in [0.15, 0.2) is 4.80 Å². The molecule has 39 heavy (non-hydrogen) atoms. The van der Waals surface area contributed by atoms with E-state index < -0.39 is 16.9 Å². The van der Waals surface area contributed by atoms with Gasteiger partial charge in [-0.05, 0) is 62.7 Å². The van der Waals surface area contributed by atoms with Crippen molar-refractivity contribution in [2.24, 2.45) is 4.99 Å². The topological polar surface area (TPSA) is 117 Å². The number of carbonyl (C=O) groups is 1. The van der Waals surface area contributed by atoms with E-state index in [1.165, 1.54) is 28.0 Å². The third kappa shape index (κ3) is 5.21. The fraction of sp³-hybridized carbons (Fsp3) is 0.179. The number of esters is 1. The molecule has 0 aliphatic carbocycles. The number of rotatable bonds is 6. The highest BCUT2D eigenvalue weighted by molar-refractivity contribution is 7.07. The van der Waals surface area contributed by atoms with Crippen LogP contribution in [-0.2, 0) is 9.53 Å². The molecule has 0 N–H and O–H groups in total. The van der Waals surface area contributed by atoms with Gasteiger partial charge in [-0.2, -0.15) is 0 Å². The first kappa shape index (κ1) is 26.3. The van der Waals surface area contributed by atoms with Crippen LogP contribution in [0.2, 0.25) is 5.02 Å². The quantitative estimate of drug-likeness (QED) is 0.185. The highest BCUT2D eigenvalue weighted by atomic mass is 35.5. The first-order chi connectivity index (χ1) is 18.6. The summed E-state index contributed by atoms with van der Waals surface area (Å²) in [6, 6.07) is 15.6. The van der Waals surface area contributed by atoms with Crippen molar-refractivity contribution >= 4 is 40.7 Å². The van der Waals surface area contributed by atoms with Crippen LogP contribution in [0.1, 0.15) is 38.1 Å². The molecule has 0 fully saturated rings. The summed E-state index contributed by atoms with van der Waals surface area (Å²) in [7, 11) is 0. The summed E-state index contributed by atoms with van der Waals surface area (Å²) in [5.74, 6) is 0.378. The van der Waals surface area contributed by atoms with E-state index in [2.05, 4.69) is 4.99 Å². The normalized spacial score (nSPS) is 15.3. The van der Waals surface area contributed by atoms with Crippen LogP contribution in [0.4, 0.5) is 5.69 Å². The number of nitro groups is 1. The van der Waals surface area contributed by atoms with E-state index in [0.717, 1.165) is 0 Å². The molecule has 0 saturated carbocycles. The van der Waals surface area contributed by atoms with Crippen molar-refractivity contribution in [3.63, 3.8) is 0 Å². The van der Waals surface area contributed by atoms with Crippen molar-refractivity contribution in [1.29, 1.82) is 0 Å². The molecule has 0 amide bonds. The summed E-state index contributed by atoms with van der Waals surface area (Å²) in [6.07, 6.45) is 1.26. The summed E-state index contributed by atoms with van der Waals surface area (Å²) in [4.78, 5) is 42.3. The van der Waals surface area contributed by atoms with Gasteiger partial charge in [-0.1, -0.05) is 35.1 Å². The maximum Gasteiger partial charge on any atom is 0.338 e. The number of carbonyl (C=O) groups excluding carboxylic acids is 1. The zero-order chi connectivity index (χ0) is 27.8. The van der Waals surface area contributed by atoms with Crippen LogP contribution < -0.4 is 14.9 Å². The van der Waals surface area contributed by atoms with Crippen molar-refractivity contribution in [2.75, 3.05) is 0 Å². The Morgan fingerprint density at radius 2 is 1.85 bits per heavy atom. The van der Waals surface area contributed by atoms with Crippen molar-refractivity contribution in [3.8, 4) is 11.3 Å². The standard InChI is InChI=1S/C28H22ClN3O6S/c1-15(2)37-27(34)24-16(3)30-28-31(25(24)18-4-8-19(29)9-5-18)26(33)23(39-28)14-21-12-13-22(38-21)17-6-10-20(11-7-17)32(35)36/h4-15,25H,1-3H3/b23-14-. The molecule has 5 rings (SSSR count). The third-order valence-corrected chi connectivity index (χ3v) is 7.27. The lowest BCUT2D eigenvalue weighted by Gasteiger charge is -2.25. The molecule has 1 atom stereocenters. The Balaban J connectivity index is 1.59. The third-order valence-electron chi connectivity index (χ3n) is 6.03. The van der Waals surface area contributed by atoms with E-state index in [1.54, 1.807) is 75.4 Å². The van der Waals surface area contributed by atoms with Gasteiger partial charge >= 0.3 is 5.97 Å². The van der Waals surface area contributed by atoms with Crippen LogP contribution in [0.3, 0.4) is 0 Å². The number of hydrogen-bond acceptors (Lipinski definition) is 8. The van der Waals surface area contributed by atoms with Gasteiger partial charge in [-0.25, -0.2) is 9.79 Å². The SMILES string of the molecule is CC1=C(C(=O)OC(C)C)C(c2ccc(Cl)cc2)n2c(s/c(=C\c3ccc(-c4ccc([N+](=O)[O-])cc4)o3)c2=O)=N1. The Labute approximate surface area is 231 Å². The van der Waals surface area contributed by atoms with Crippen LogP contribution in [0.5, 0.6) is 0 Å². The largest absolute Gasteiger partial charge is 0.459 e. The van der Waals surface area contributed by atoms with E-state index in [1.807, 2.05) is 0 Å². The molecule has 1 aliphatic rings. The molecule has 0 spiro atoms. The molecule has 0 bridgehead atoms. The van der Waals surface area contributed by atoms with Crippen molar-refractivity contribution < 1.29 is 18.9 Å². The first-order valence-electron chi connectivity index (χ1n) is 12.0. The molecule has 2 aromatic heterocycles. The monoisotopic (exact) mass is 563 g/mol. The fourth-order valence-corrected chi connectivity index (χ4v) is 5.44. The van der Waals surface area contributed by atoms with Crippen LogP contribution >= 0.6 is 22.9 Å². The maximum atomic E-state index is 13.7. The van der Waals surface area contributed by atoms with E-state index >= 15 is 0 Å². The molecule has 198 valence electrons. The summed E-state index contributed by atoms with van der Waals surface area (Å²) in [6.45, 7) is 5.24. The number of thiazole rings is 1. The van der Waals surface area contributed by atoms with E-state index in [-0.39, 0.29) is 22.9 Å². The fourth-order valence-electron chi connectivity index (χ4n) is 4.28. The summed E-state index contributed by atoms with van der Waals surface area (Å²) >= 11 is 7.29. The number of ether oxygens (including phenoxy) is 1. The lowest BCUT2D eigenvalue weighted by molar-refractivity contribution is -0.384. The number of halogens is 1. The Hall–Kier alpha value is -4.28. The van der Waals surface area contributed by atoms with Crippen LogP contribution in [0, 0.1) is 10.1 Å². The van der Waals surface area contributed by atoms with Crippen molar-refractivity contribution in [1.82, 2.24) is 4.57 Å². The van der Waals surface area contributed by atoms with Crippen LogP contribution in [0.15, 0.2) is 86.1 Å². The molecule has 4 aromatic rings. The van der Waals surface area contributed by atoms with E-state index in [9.17, 15) is 19.7 Å². The van der Waals surface area contributed by atoms with E-state index in [4.69, 9.17) is 20.8 Å². The molecule has 0 saturated heterocycles. The molecule has 9 nitrogen and oxygen atoms in total. The van der Waals surface area contributed by atoms with Gasteiger partial charge in [0.1, 0.15) is 11.5 Å². The Bertz CT molecular complexity index is 1800. The molecule has 3 heterocycles. The number of allylic oxidation sites excluding steroid dienone is 1. The Morgan fingerprint density at radius 1 is 1.15 bits per heavy atom. The predicted octanol–water partition coefficient (Wildman–Crippen LogP) is 5.01. The average molecular weight is 564 g/mol. The molecular formula is C28H22ClN3O6S. The number of non-ortho nitro benzene ring substituents is 1. The lowest BCUT2D eigenvalue weighted by Crippen LogP contribution is -2.40. The van der Waals surface area contributed by atoms with Crippen molar-refractivity contribution in [3.05, 3.63) is 118 Å². The second kappa shape index (κ2) is 10.5. The van der Waals surface area contributed by atoms with Crippen LogP contribution in [-0.4, -0.2) is 21.6 Å². The first-order valence-corrected chi connectivity index (χ1v) is 13.2. The van der Waals surface area contributed by atoms with Gasteiger partial charge in [0.05, 0.1) is 32.9 Å². The zero-order valence-electron chi connectivity index (χ0n) is 21.1. The minimum absolute atomic E-state index is 0.0196. The number of furan rings is 1. The number of fused-ring (bicyclic) bond motifs is 1. The molecule has 11 heteroatoms. The smallest absolute Gasteiger partial charge is 0.338 e. The molecular weight excluding hydrogens is 542 g/mol. The highest BCUT2D eigenvalue weighted by Gasteiger charge is 2.33. The summed E-state index contributed by atoms with van der Waals surface area (Å²) < 4.78 is 13.3. The molecule has 0 radical (unpaired) electrons. The number of nitro benzene ring substituents is 1. The molecule has 1 aliphatic heterocycles. The predicted molar refractivity (Wildman–Crippen MR) is 147 cm³/mol. The van der Waals surface area contributed by atoms with Gasteiger partial charge in [0.2, 0.25) is 0 Å². The highest BCUT2D eigenvalue weighted by Crippen LogP contribution is 2.31. The van der Waals surface area contributed by atoms with Gasteiger partial charge < -0.3 is 9.15 Å². The Kier molecular flexibility index (Phi) is 7.07. The number of benzene rings is 2. The zero-order valence-corrected chi connectivity index (χ0v) is 22.7. The lowest BCUT2D eigenvalue weighted by atomic mass is 9.96. The number of hydrogen-bond donors (Lipinski definition) is 0. The minimum atomic E-state index is -0.751. The summed E-state index contributed by atoms with van der Waals surface area (Å²) in [5.41, 5.74) is 1.74. The maximum absolute atomic E-state index is 13.7. The van der Waals surface area contributed by atoms with Crippen LogP contribution in [0.25, 0.3) is 17.4 Å². The molecule has 2 aromatic carbocycles.